The molecule has 0 amide bonds. The van der Waals surface area contributed by atoms with E-state index in [0.29, 0.717) is 12.8 Å². The van der Waals surface area contributed by atoms with Gasteiger partial charge in [-0.3, -0.25) is 10.1 Å². The highest BCUT2D eigenvalue weighted by molar-refractivity contribution is 5.73. The lowest BCUT2D eigenvalue weighted by molar-refractivity contribution is -0.145. The van der Waals surface area contributed by atoms with Crippen LogP contribution in [0, 0.1) is 0 Å². The smallest absolute Gasteiger partial charge is 0.320 e. The molecule has 0 aromatic carbocycles. The van der Waals surface area contributed by atoms with E-state index in [1.807, 2.05) is 0 Å². The van der Waals surface area contributed by atoms with Crippen molar-refractivity contribution in [2.24, 2.45) is 0 Å². The SMILES string of the molecule is COC1NC(C(=O)O)CCC1O. The summed E-state index contributed by atoms with van der Waals surface area (Å²) in [6.45, 7) is 0. The van der Waals surface area contributed by atoms with Gasteiger partial charge in [-0.25, -0.2) is 0 Å². The number of rotatable bonds is 2. The molecule has 0 aromatic heterocycles. The fraction of sp³-hybridized carbons (Fsp3) is 0.857. The molecule has 3 N–H and O–H groups in total. The van der Waals surface area contributed by atoms with E-state index in [2.05, 4.69) is 5.32 Å². The molecule has 1 aliphatic rings. The third-order valence-corrected chi connectivity index (χ3v) is 2.02. The molecule has 70 valence electrons. The number of hydrogen-bond donors (Lipinski definition) is 3. The summed E-state index contributed by atoms with van der Waals surface area (Å²) in [5.74, 6) is -0.899. The van der Waals surface area contributed by atoms with Crippen molar-refractivity contribution in [3.63, 3.8) is 0 Å². The highest BCUT2D eigenvalue weighted by Gasteiger charge is 2.31. The van der Waals surface area contributed by atoms with Crippen LogP contribution in [0.1, 0.15) is 12.8 Å². The average Bonchev–Trinajstić information content (AvgIpc) is 2.05. The van der Waals surface area contributed by atoms with Gasteiger partial charge in [0.1, 0.15) is 12.3 Å². The zero-order valence-corrected chi connectivity index (χ0v) is 6.86. The minimum Gasteiger partial charge on any atom is -0.480 e. The van der Waals surface area contributed by atoms with Crippen molar-refractivity contribution in [1.29, 1.82) is 0 Å². The summed E-state index contributed by atoms with van der Waals surface area (Å²) in [5.41, 5.74) is 0. The second kappa shape index (κ2) is 3.84. The molecule has 0 aromatic rings. The molecule has 1 aliphatic heterocycles. The first kappa shape index (κ1) is 9.44. The van der Waals surface area contributed by atoms with Gasteiger partial charge in [-0.1, -0.05) is 0 Å². The van der Waals surface area contributed by atoms with Gasteiger partial charge in [0.05, 0.1) is 6.10 Å². The molecular formula is C7H13NO4. The van der Waals surface area contributed by atoms with Crippen molar-refractivity contribution in [3.05, 3.63) is 0 Å². The standard InChI is InChI=1S/C7H13NO4/c1-12-6-5(9)3-2-4(8-6)7(10)11/h4-6,8-9H,2-3H2,1H3,(H,10,11). The Morgan fingerprint density at radius 2 is 2.25 bits per heavy atom. The highest BCUT2D eigenvalue weighted by atomic mass is 16.5. The molecule has 1 saturated heterocycles. The molecule has 0 saturated carbocycles. The summed E-state index contributed by atoms with van der Waals surface area (Å²) in [5, 5.41) is 20.6. The third-order valence-electron chi connectivity index (χ3n) is 2.02. The van der Waals surface area contributed by atoms with Crippen LogP contribution in [0.25, 0.3) is 0 Å². The number of carbonyl (C=O) groups is 1. The summed E-state index contributed by atoms with van der Waals surface area (Å²) in [4.78, 5) is 10.5. The van der Waals surface area contributed by atoms with Gasteiger partial charge >= 0.3 is 5.97 Å². The number of aliphatic hydroxyl groups is 1. The lowest BCUT2D eigenvalue weighted by Gasteiger charge is -2.31. The van der Waals surface area contributed by atoms with Crippen LogP contribution in [0.2, 0.25) is 0 Å². The van der Waals surface area contributed by atoms with E-state index in [-0.39, 0.29) is 0 Å². The minimum atomic E-state index is -0.899. The number of aliphatic hydroxyl groups excluding tert-OH is 1. The topological polar surface area (TPSA) is 78.8 Å². The Kier molecular flexibility index (Phi) is 3.02. The van der Waals surface area contributed by atoms with E-state index in [9.17, 15) is 9.90 Å². The number of piperidine rings is 1. The van der Waals surface area contributed by atoms with E-state index < -0.39 is 24.3 Å². The van der Waals surface area contributed by atoms with Gasteiger partial charge < -0.3 is 14.9 Å². The molecule has 0 radical (unpaired) electrons. The molecule has 5 heteroatoms. The van der Waals surface area contributed by atoms with Gasteiger partial charge in [-0.05, 0) is 12.8 Å². The van der Waals surface area contributed by atoms with E-state index in [0.717, 1.165) is 0 Å². The van der Waals surface area contributed by atoms with E-state index in [1.165, 1.54) is 7.11 Å². The quantitative estimate of drug-likeness (QED) is 0.510. The Morgan fingerprint density at radius 1 is 1.58 bits per heavy atom. The molecule has 1 heterocycles. The van der Waals surface area contributed by atoms with Gasteiger partial charge in [-0.15, -0.1) is 0 Å². The maximum atomic E-state index is 10.5. The van der Waals surface area contributed by atoms with Gasteiger partial charge in [0.2, 0.25) is 0 Å². The van der Waals surface area contributed by atoms with Crippen molar-refractivity contribution < 1.29 is 19.7 Å². The Morgan fingerprint density at radius 3 is 2.75 bits per heavy atom. The lowest BCUT2D eigenvalue weighted by atomic mass is 10.0. The van der Waals surface area contributed by atoms with E-state index in [1.54, 1.807) is 0 Å². The number of carboxylic acids is 1. The number of ether oxygens (including phenoxy) is 1. The summed E-state index contributed by atoms with van der Waals surface area (Å²) in [6, 6.07) is -0.599. The molecule has 12 heavy (non-hydrogen) atoms. The summed E-state index contributed by atoms with van der Waals surface area (Å²) in [6.07, 6.45) is -0.260. The van der Waals surface area contributed by atoms with Crippen LogP contribution in [0.5, 0.6) is 0 Å². The monoisotopic (exact) mass is 175 g/mol. The maximum absolute atomic E-state index is 10.5. The highest BCUT2D eigenvalue weighted by Crippen LogP contribution is 2.13. The van der Waals surface area contributed by atoms with Crippen LogP contribution in [0.4, 0.5) is 0 Å². The number of aliphatic carboxylic acids is 1. The molecule has 0 aliphatic carbocycles. The average molecular weight is 175 g/mol. The summed E-state index contributed by atoms with van der Waals surface area (Å²) in [7, 11) is 1.44. The number of methoxy groups -OCH3 is 1. The zero-order chi connectivity index (χ0) is 9.14. The molecule has 1 fully saturated rings. The predicted octanol–water partition coefficient (Wildman–Crippen LogP) is -0.844. The largest absolute Gasteiger partial charge is 0.480 e. The lowest BCUT2D eigenvalue weighted by Crippen LogP contribution is -2.54. The van der Waals surface area contributed by atoms with Crippen molar-refractivity contribution in [2.75, 3.05) is 7.11 Å². The number of hydrogen-bond acceptors (Lipinski definition) is 4. The molecule has 1 rings (SSSR count). The molecule has 3 unspecified atom stereocenters. The van der Waals surface area contributed by atoms with Gasteiger partial charge in [0.15, 0.2) is 0 Å². The van der Waals surface area contributed by atoms with Crippen molar-refractivity contribution in [2.45, 2.75) is 31.2 Å². The molecular weight excluding hydrogens is 162 g/mol. The Labute approximate surface area is 70.3 Å². The fourth-order valence-electron chi connectivity index (χ4n) is 1.30. The van der Waals surface area contributed by atoms with Crippen LogP contribution in [0.15, 0.2) is 0 Å². The van der Waals surface area contributed by atoms with Gasteiger partial charge in [-0.2, -0.15) is 0 Å². The third kappa shape index (κ3) is 1.94. The zero-order valence-electron chi connectivity index (χ0n) is 6.86. The Hall–Kier alpha value is -0.650. The predicted molar refractivity (Wildman–Crippen MR) is 40.6 cm³/mol. The molecule has 0 bridgehead atoms. The summed E-state index contributed by atoms with van der Waals surface area (Å²) < 4.78 is 4.86. The summed E-state index contributed by atoms with van der Waals surface area (Å²) >= 11 is 0. The van der Waals surface area contributed by atoms with E-state index >= 15 is 0 Å². The van der Waals surface area contributed by atoms with Crippen LogP contribution in [0.3, 0.4) is 0 Å². The van der Waals surface area contributed by atoms with Gasteiger partial charge in [0, 0.05) is 7.11 Å². The maximum Gasteiger partial charge on any atom is 0.320 e. The second-order valence-electron chi connectivity index (χ2n) is 2.86. The van der Waals surface area contributed by atoms with Gasteiger partial charge in [0.25, 0.3) is 0 Å². The molecule has 0 spiro atoms. The Balaban J connectivity index is 2.49. The number of carboxylic acid groups (broad SMARTS) is 1. The van der Waals surface area contributed by atoms with E-state index in [4.69, 9.17) is 9.84 Å². The van der Waals surface area contributed by atoms with Crippen LogP contribution < -0.4 is 5.32 Å². The van der Waals surface area contributed by atoms with Crippen molar-refractivity contribution in [1.82, 2.24) is 5.32 Å². The fourth-order valence-corrected chi connectivity index (χ4v) is 1.30. The molecule has 5 nitrogen and oxygen atoms in total. The van der Waals surface area contributed by atoms with Crippen LogP contribution in [-0.2, 0) is 9.53 Å². The van der Waals surface area contributed by atoms with Crippen molar-refractivity contribution in [3.8, 4) is 0 Å². The normalized spacial score (nSPS) is 36.3. The molecule has 3 atom stereocenters. The first-order chi connectivity index (χ1) is 5.65. The van der Waals surface area contributed by atoms with Crippen LogP contribution >= 0.6 is 0 Å². The number of nitrogens with one attached hydrogen (secondary N) is 1. The van der Waals surface area contributed by atoms with Crippen molar-refractivity contribution >= 4 is 5.97 Å². The first-order valence-electron chi connectivity index (χ1n) is 3.85. The van der Waals surface area contributed by atoms with Crippen LogP contribution in [-0.4, -0.2) is 41.7 Å². The Bertz CT molecular complexity index is 173. The first-order valence-corrected chi connectivity index (χ1v) is 3.85. The second-order valence-corrected chi connectivity index (χ2v) is 2.86. The minimum absolute atomic E-state index is 0.441.